The molecule has 3 rings (SSSR count). The molecule has 0 saturated carbocycles. The summed E-state index contributed by atoms with van der Waals surface area (Å²) >= 11 is 0. The van der Waals surface area contributed by atoms with Gasteiger partial charge in [-0.2, -0.15) is 0 Å². The number of hydrogen-bond donors (Lipinski definition) is 1. The Labute approximate surface area is 115 Å². The first kappa shape index (κ1) is 12.3. The molecule has 5 nitrogen and oxygen atoms in total. The van der Waals surface area contributed by atoms with Gasteiger partial charge in [-0.15, -0.1) is 10.2 Å². The first-order chi connectivity index (χ1) is 9.84. The van der Waals surface area contributed by atoms with Gasteiger partial charge >= 0.3 is 0 Å². The molecule has 0 saturated heterocycles. The van der Waals surface area contributed by atoms with Crippen LogP contribution in [0.3, 0.4) is 0 Å². The van der Waals surface area contributed by atoms with Crippen molar-refractivity contribution in [1.29, 1.82) is 0 Å². The fourth-order valence-electron chi connectivity index (χ4n) is 1.86. The monoisotopic (exact) mass is 269 g/mol. The van der Waals surface area contributed by atoms with E-state index in [2.05, 4.69) is 20.5 Å². The lowest BCUT2D eigenvalue weighted by Crippen LogP contribution is -2.09. The molecule has 0 spiro atoms. The Bertz CT molecular complexity index is 696. The highest BCUT2D eigenvalue weighted by atomic mass is 19.1. The van der Waals surface area contributed by atoms with Crippen LogP contribution < -0.4 is 5.32 Å². The van der Waals surface area contributed by atoms with E-state index < -0.39 is 5.82 Å². The maximum Gasteiger partial charge on any atom is 0.165 e. The molecule has 0 aliphatic rings. The molecule has 2 aromatic heterocycles. The Morgan fingerprint density at radius 3 is 2.75 bits per heavy atom. The predicted octanol–water partition coefficient (Wildman–Crippen LogP) is 2.41. The molecular weight excluding hydrogens is 257 g/mol. The Morgan fingerprint density at radius 1 is 1.10 bits per heavy atom. The molecule has 1 N–H and O–H groups in total. The Morgan fingerprint density at radius 2 is 1.95 bits per heavy atom. The maximum absolute atomic E-state index is 13.5. The number of aromatic nitrogens is 4. The highest BCUT2D eigenvalue weighted by Crippen LogP contribution is 2.12. The van der Waals surface area contributed by atoms with E-state index in [-0.39, 0.29) is 5.82 Å². The molecule has 1 aromatic carbocycles. The molecular formula is C14H12FN5. The van der Waals surface area contributed by atoms with Gasteiger partial charge in [-0.3, -0.25) is 4.57 Å². The lowest BCUT2D eigenvalue weighted by molar-refractivity contribution is 0.623. The van der Waals surface area contributed by atoms with Crippen molar-refractivity contribution in [3.05, 3.63) is 66.6 Å². The first-order valence-corrected chi connectivity index (χ1v) is 6.13. The summed E-state index contributed by atoms with van der Waals surface area (Å²) in [5.74, 6) is 0.495. The molecule has 20 heavy (non-hydrogen) atoms. The van der Waals surface area contributed by atoms with Gasteiger partial charge in [-0.25, -0.2) is 9.37 Å². The second-order valence-electron chi connectivity index (χ2n) is 4.14. The van der Waals surface area contributed by atoms with Crippen molar-refractivity contribution < 1.29 is 4.39 Å². The molecule has 2 heterocycles. The zero-order chi connectivity index (χ0) is 13.8. The van der Waals surface area contributed by atoms with Crippen LogP contribution in [0.25, 0.3) is 5.69 Å². The van der Waals surface area contributed by atoms with E-state index >= 15 is 0 Å². The van der Waals surface area contributed by atoms with E-state index in [0.717, 1.165) is 5.69 Å². The van der Waals surface area contributed by atoms with Gasteiger partial charge < -0.3 is 5.32 Å². The number of para-hydroxylation sites is 1. The number of pyridine rings is 1. The summed E-state index contributed by atoms with van der Waals surface area (Å²) in [6, 6.07) is 12.6. The topological polar surface area (TPSA) is 55.6 Å². The summed E-state index contributed by atoms with van der Waals surface area (Å²) in [6.45, 7) is 0.336. The van der Waals surface area contributed by atoms with Gasteiger partial charge in [0.05, 0.1) is 6.54 Å². The molecule has 0 aliphatic carbocycles. The smallest absolute Gasteiger partial charge is 0.165 e. The summed E-state index contributed by atoms with van der Waals surface area (Å²) in [4.78, 5) is 3.94. The van der Waals surface area contributed by atoms with Crippen LogP contribution in [0.4, 0.5) is 10.2 Å². The summed E-state index contributed by atoms with van der Waals surface area (Å²) in [6.07, 6.45) is 3.16. The summed E-state index contributed by atoms with van der Waals surface area (Å²) in [7, 11) is 0. The summed E-state index contributed by atoms with van der Waals surface area (Å²) in [5, 5.41) is 10.8. The van der Waals surface area contributed by atoms with E-state index in [1.54, 1.807) is 12.4 Å². The number of benzene rings is 1. The average Bonchev–Trinajstić information content (AvgIpc) is 2.96. The van der Waals surface area contributed by atoms with E-state index in [1.165, 1.54) is 12.3 Å². The van der Waals surface area contributed by atoms with Crippen LogP contribution in [0.15, 0.2) is 55.0 Å². The van der Waals surface area contributed by atoms with Gasteiger partial charge in [-0.1, -0.05) is 18.2 Å². The van der Waals surface area contributed by atoms with Crippen molar-refractivity contribution in [1.82, 2.24) is 19.7 Å². The van der Waals surface area contributed by atoms with E-state index in [9.17, 15) is 4.39 Å². The SMILES string of the molecule is Fc1cccnc1NCc1nncn1-c1ccccc1. The fourth-order valence-corrected chi connectivity index (χ4v) is 1.86. The molecule has 3 aromatic rings. The van der Waals surface area contributed by atoms with Crippen molar-refractivity contribution in [2.24, 2.45) is 0 Å². The minimum atomic E-state index is -0.390. The molecule has 0 bridgehead atoms. The average molecular weight is 269 g/mol. The normalized spacial score (nSPS) is 10.4. The first-order valence-electron chi connectivity index (χ1n) is 6.13. The molecule has 0 radical (unpaired) electrons. The molecule has 0 unspecified atom stereocenters. The van der Waals surface area contributed by atoms with Crippen LogP contribution in [-0.2, 0) is 6.54 Å². The fraction of sp³-hybridized carbons (Fsp3) is 0.0714. The third kappa shape index (κ3) is 2.49. The minimum Gasteiger partial charge on any atom is -0.360 e. The van der Waals surface area contributed by atoms with Gasteiger partial charge in [0.1, 0.15) is 6.33 Å². The summed E-state index contributed by atoms with van der Waals surface area (Å²) < 4.78 is 15.3. The van der Waals surface area contributed by atoms with Crippen molar-refractivity contribution in [3.8, 4) is 5.69 Å². The molecule has 0 atom stereocenters. The second-order valence-corrected chi connectivity index (χ2v) is 4.14. The predicted molar refractivity (Wildman–Crippen MR) is 72.9 cm³/mol. The van der Waals surface area contributed by atoms with Crippen LogP contribution in [0, 0.1) is 5.82 Å². The lowest BCUT2D eigenvalue weighted by Gasteiger charge is -2.08. The van der Waals surface area contributed by atoms with Crippen molar-refractivity contribution in [2.45, 2.75) is 6.54 Å². The minimum absolute atomic E-state index is 0.204. The zero-order valence-corrected chi connectivity index (χ0v) is 10.6. The number of hydrogen-bond acceptors (Lipinski definition) is 4. The molecule has 0 amide bonds. The number of halogens is 1. The lowest BCUT2D eigenvalue weighted by atomic mass is 10.3. The third-order valence-corrected chi connectivity index (χ3v) is 2.83. The van der Waals surface area contributed by atoms with Crippen LogP contribution in [-0.4, -0.2) is 19.7 Å². The number of anilines is 1. The van der Waals surface area contributed by atoms with Crippen LogP contribution in [0.5, 0.6) is 0 Å². The number of rotatable bonds is 4. The van der Waals surface area contributed by atoms with Gasteiger partial charge in [0.15, 0.2) is 17.5 Å². The van der Waals surface area contributed by atoms with Crippen molar-refractivity contribution in [3.63, 3.8) is 0 Å². The molecule has 100 valence electrons. The van der Waals surface area contributed by atoms with E-state index in [4.69, 9.17) is 0 Å². The largest absolute Gasteiger partial charge is 0.360 e. The number of nitrogens with one attached hydrogen (secondary N) is 1. The Kier molecular flexibility index (Phi) is 3.36. The van der Waals surface area contributed by atoms with E-state index in [0.29, 0.717) is 12.4 Å². The number of nitrogens with zero attached hydrogens (tertiary/aromatic N) is 4. The van der Waals surface area contributed by atoms with Crippen LogP contribution in [0.1, 0.15) is 5.82 Å². The van der Waals surface area contributed by atoms with Crippen molar-refractivity contribution in [2.75, 3.05) is 5.32 Å². The van der Waals surface area contributed by atoms with Gasteiger partial charge in [0, 0.05) is 11.9 Å². The van der Waals surface area contributed by atoms with Gasteiger partial charge in [0.25, 0.3) is 0 Å². The summed E-state index contributed by atoms with van der Waals surface area (Å²) in [5.41, 5.74) is 0.954. The van der Waals surface area contributed by atoms with E-state index in [1.807, 2.05) is 34.9 Å². The quantitative estimate of drug-likeness (QED) is 0.790. The van der Waals surface area contributed by atoms with Crippen LogP contribution >= 0.6 is 0 Å². The molecule has 0 aliphatic heterocycles. The standard InChI is InChI=1S/C14H12FN5/c15-12-7-4-8-16-14(12)17-9-13-19-18-10-20(13)11-5-2-1-3-6-11/h1-8,10H,9H2,(H,16,17). The Balaban J connectivity index is 1.80. The molecule has 6 heteroatoms. The van der Waals surface area contributed by atoms with Crippen molar-refractivity contribution >= 4 is 5.82 Å². The highest BCUT2D eigenvalue weighted by molar-refractivity contribution is 5.37. The Hall–Kier alpha value is -2.76. The maximum atomic E-state index is 13.5. The third-order valence-electron chi connectivity index (χ3n) is 2.83. The zero-order valence-electron chi connectivity index (χ0n) is 10.6. The second kappa shape index (κ2) is 5.48. The van der Waals surface area contributed by atoms with Gasteiger partial charge in [0.2, 0.25) is 0 Å². The van der Waals surface area contributed by atoms with Crippen LogP contribution in [0.2, 0.25) is 0 Å². The highest BCUT2D eigenvalue weighted by Gasteiger charge is 2.07. The molecule has 0 fully saturated rings. The van der Waals surface area contributed by atoms with Gasteiger partial charge in [-0.05, 0) is 24.3 Å².